The number of hydrogen-bond donors (Lipinski definition) is 2. The third-order valence-corrected chi connectivity index (χ3v) is 6.82. The standard InChI is InChI=1S/C26H42O7S/c1-2-3-4-5-6-7-8-9-10-11-12-13-14-15-16-17-20-33-26(29)23-19-18-22(34(30,31)32)21-24(23)25(27)28/h18-19,21H,2-17,20H2,1H3,(H,27,28)(H,30,31,32). The number of hydrogen-bond acceptors (Lipinski definition) is 5. The van der Waals surface area contributed by atoms with E-state index in [2.05, 4.69) is 6.92 Å². The van der Waals surface area contributed by atoms with Crippen LogP contribution in [0, 0.1) is 0 Å². The van der Waals surface area contributed by atoms with Gasteiger partial charge in [0.25, 0.3) is 10.1 Å². The minimum Gasteiger partial charge on any atom is -0.478 e. The number of carboxylic acids is 1. The Kier molecular flexibility index (Phi) is 15.5. The van der Waals surface area contributed by atoms with Gasteiger partial charge >= 0.3 is 11.9 Å². The Balaban J connectivity index is 2.09. The normalized spacial score (nSPS) is 11.5. The monoisotopic (exact) mass is 498 g/mol. The molecule has 34 heavy (non-hydrogen) atoms. The zero-order chi connectivity index (χ0) is 25.2. The van der Waals surface area contributed by atoms with Crippen molar-refractivity contribution >= 4 is 22.1 Å². The third kappa shape index (κ3) is 13.1. The number of carboxylic acid groups (broad SMARTS) is 1. The number of carbonyl (C=O) groups is 2. The fraction of sp³-hybridized carbons (Fsp3) is 0.692. The van der Waals surface area contributed by atoms with Crippen LogP contribution in [0.15, 0.2) is 23.1 Å². The number of benzene rings is 1. The van der Waals surface area contributed by atoms with Gasteiger partial charge in [-0.2, -0.15) is 8.42 Å². The first-order chi connectivity index (χ1) is 16.3. The second kappa shape index (κ2) is 17.5. The van der Waals surface area contributed by atoms with Gasteiger partial charge in [-0.25, -0.2) is 9.59 Å². The molecular formula is C26H42O7S. The molecule has 0 aliphatic rings. The molecule has 0 aliphatic carbocycles. The topological polar surface area (TPSA) is 118 Å². The molecule has 0 aromatic heterocycles. The lowest BCUT2D eigenvalue weighted by atomic mass is 10.0. The maximum Gasteiger partial charge on any atom is 0.339 e. The third-order valence-electron chi connectivity index (χ3n) is 5.97. The fourth-order valence-corrected chi connectivity index (χ4v) is 4.44. The predicted molar refractivity (Wildman–Crippen MR) is 133 cm³/mol. The summed E-state index contributed by atoms with van der Waals surface area (Å²) in [6.45, 7) is 2.43. The molecule has 1 aromatic carbocycles. The van der Waals surface area contributed by atoms with E-state index in [-0.39, 0.29) is 12.2 Å². The molecule has 0 fully saturated rings. The highest BCUT2D eigenvalue weighted by atomic mass is 32.2. The smallest absolute Gasteiger partial charge is 0.339 e. The minimum absolute atomic E-state index is 0.177. The second-order valence-corrected chi connectivity index (χ2v) is 10.3. The van der Waals surface area contributed by atoms with Gasteiger partial charge in [0, 0.05) is 0 Å². The van der Waals surface area contributed by atoms with Crippen molar-refractivity contribution in [3.63, 3.8) is 0 Å². The van der Waals surface area contributed by atoms with Crippen LogP contribution in [-0.2, 0) is 14.9 Å². The predicted octanol–water partition coefficient (Wildman–Crippen LogP) is 7.05. The maximum absolute atomic E-state index is 12.2. The van der Waals surface area contributed by atoms with Crippen LogP contribution in [0.1, 0.15) is 130 Å². The SMILES string of the molecule is CCCCCCCCCCCCCCCCCCOC(=O)c1ccc(S(=O)(=O)O)cc1C(=O)O. The molecular weight excluding hydrogens is 456 g/mol. The quantitative estimate of drug-likeness (QED) is 0.112. The highest BCUT2D eigenvalue weighted by molar-refractivity contribution is 7.85. The number of unbranched alkanes of at least 4 members (excludes halogenated alkanes) is 15. The van der Waals surface area contributed by atoms with Crippen molar-refractivity contribution in [3.05, 3.63) is 29.3 Å². The van der Waals surface area contributed by atoms with Gasteiger partial charge in [-0.3, -0.25) is 4.55 Å². The Bertz CT molecular complexity index is 834. The van der Waals surface area contributed by atoms with Crippen LogP contribution in [0.2, 0.25) is 0 Å². The molecule has 0 saturated carbocycles. The summed E-state index contributed by atoms with van der Waals surface area (Å²) in [5.74, 6) is -2.29. The summed E-state index contributed by atoms with van der Waals surface area (Å²) in [6, 6.07) is 2.78. The fourth-order valence-electron chi connectivity index (χ4n) is 3.93. The number of rotatable bonds is 20. The lowest BCUT2D eigenvalue weighted by Gasteiger charge is -2.08. The number of ether oxygens (including phenoxy) is 1. The molecule has 1 rings (SSSR count). The van der Waals surface area contributed by atoms with Crippen LogP contribution in [0.3, 0.4) is 0 Å². The van der Waals surface area contributed by atoms with E-state index >= 15 is 0 Å². The van der Waals surface area contributed by atoms with E-state index in [0.717, 1.165) is 37.5 Å². The van der Waals surface area contributed by atoms with Crippen molar-refractivity contribution in [2.75, 3.05) is 6.61 Å². The van der Waals surface area contributed by atoms with E-state index in [9.17, 15) is 23.1 Å². The van der Waals surface area contributed by atoms with Gasteiger partial charge in [0.05, 0.1) is 22.6 Å². The Morgan fingerprint density at radius 2 is 1.18 bits per heavy atom. The highest BCUT2D eigenvalue weighted by Crippen LogP contribution is 2.18. The van der Waals surface area contributed by atoms with Gasteiger partial charge in [0.15, 0.2) is 0 Å². The number of esters is 1. The van der Waals surface area contributed by atoms with Gasteiger partial charge in [0.1, 0.15) is 0 Å². The van der Waals surface area contributed by atoms with Crippen LogP contribution in [-0.4, -0.2) is 36.6 Å². The van der Waals surface area contributed by atoms with Crippen LogP contribution in [0.25, 0.3) is 0 Å². The Hall–Kier alpha value is -1.93. The summed E-state index contributed by atoms with van der Waals surface area (Å²) >= 11 is 0. The average molecular weight is 499 g/mol. The molecule has 0 radical (unpaired) electrons. The van der Waals surface area contributed by atoms with Gasteiger partial charge in [-0.15, -0.1) is 0 Å². The summed E-state index contributed by atoms with van der Waals surface area (Å²) in [7, 11) is -4.56. The molecule has 0 spiro atoms. The van der Waals surface area contributed by atoms with E-state index in [1.54, 1.807) is 0 Å². The zero-order valence-electron chi connectivity index (χ0n) is 20.6. The molecule has 1 aromatic rings. The first-order valence-corrected chi connectivity index (χ1v) is 14.2. The van der Waals surface area contributed by atoms with Crippen LogP contribution >= 0.6 is 0 Å². The largest absolute Gasteiger partial charge is 0.478 e. The van der Waals surface area contributed by atoms with Crippen LogP contribution in [0.5, 0.6) is 0 Å². The lowest BCUT2D eigenvalue weighted by molar-refractivity contribution is 0.0487. The minimum atomic E-state index is -4.56. The summed E-state index contributed by atoms with van der Waals surface area (Å²) in [5.41, 5.74) is -0.761. The van der Waals surface area contributed by atoms with Gasteiger partial charge in [-0.1, -0.05) is 103 Å². The van der Waals surface area contributed by atoms with Gasteiger partial charge in [0.2, 0.25) is 0 Å². The first-order valence-electron chi connectivity index (χ1n) is 12.8. The summed E-state index contributed by atoms with van der Waals surface area (Å²) in [4.78, 5) is 23.0. The molecule has 0 amide bonds. The van der Waals surface area contributed by atoms with Crippen molar-refractivity contribution in [1.82, 2.24) is 0 Å². The zero-order valence-corrected chi connectivity index (χ0v) is 21.4. The lowest BCUT2D eigenvalue weighted by Crippen LogP contribution is -2.13. The van der Waals surface area contributed by atoms with Crippen LogP contribution in [0.4, 0.5) is 0 Å². The Morgan fingerprint density at radius 3 is 1.59 bits per heavy atom. The summed E-state index contributed by atoms with van der Waals surface area (Å²) < 4.78 is 36.6. The van der Waals surface area contributed by atoms with E-state index in [4.69, 9.17) is 9.29 Å². The van der Waals surface area contributed by atoms with E-state index in [1.165, 1.54) is 77.0 Å². The van der Waals surface area contributed by atoms with Crippen LogP contribution < -0.4 is 0 Å². The maximum atomic E-state index is 12.2. The van der Waals surface area contributed by atoms with E-state index < -0.39 is 32.5 Å². The van der Waals surface area contributed by atoms with E-state index in [0.29, 0.717) is 6.42 Å². The van der Waals surface area contributed by atoms with Gasteiger partial charge in [-0.05, 0) is 24.6 Å². The Labute approximate surface area is 205 Å². The summed E-state index contributed by atoms with van der Waals surface area (Å²) in [6.07, 6.45) is 19.9. The number of carbonyl (C=O) groups excluding carboxylic acids is 1. The van der Waals surface area contributed by atoms with Crippen molar-refractivity contribution < 1.29 is 32.4 Å². The van der Waals surface area contributed by atoms with Crippen molar-refractivity contribution in [1.29, 1.82) is 0 Å². The molecule has 2 N–H and O–H groups in total. The molecule has 0 unspecified atom stereocenters. The summed E-state index contributed by atoms with van der Waals surface area (Å²) in [5, 5.41) is 9.24. The molecule has 0 heterocycles. The molecule has 8 heteroatoms. The van der Waals surface area contributed by atoms with Crippen molar-refractivity contribution in [3.8, 4) is 0 Å². The molecule has 0 saturated heterocycles. The second-order valence-electron chi connectivity index (χ2n) is 8.93. The first kappa shape index (κ1) is 30.1. The Morgan fingerprint density at radius 1 is 0.735 bits per heavy atom. The molecule has 7 nitrogen and oxygen atoms in total. The van der Waals surface area contributed by atoms with Crippen molar-refractivity contribution in [2.45, 2.75) is 115 Å². The van der Waals surface area contributed by atoms with Crippen molar-refractivity contribution in [2.24, 2.45) is 0 Å². The molecule has 0 bridgehead atoms. The number of aromatic carboxylic acids is 1. The van der Waals surface area contributed by atoms with E-state index in [1.807, 2.05) is 0 Å². The molecule has 0 atom stereocenters. The highest BCUT2D eigenvalue weighted by Gasteiger charge is 2.21. The molecule has 194 valence electrons. The van der Waals surface area contributed by atoms with Gasteiger partial charge < -0.3 is 9.84 Å². The average Bonchev–Trinajstić information content (AvgIpc) is 2.79. The molecule has 0 aliphatic heterocycles.